The first-order chi connectivity index (χ1) is 9.16. The molecule has 1 saturated carbocycles. The van der Waals surface area contributed by atoms with Crippen LogP contribution in [-0.4, -0.2) is 14.5 Å². The number of hydrogen-bond donors (Lipinski definition) is 1. The zero-order chi connectivity index (χ0) is 13.3. The van der Waals surface area contributed by atoms with E-state index in [0.29, 0.717) is 11.2 Å². The van der Waals surface area contributed by atoms with Gasteiger partial charge in [-0.15, -0.1) is 0 Å². The maximum absolute atomic E-state index is 5.76. The van der Waals surface area contributed by atoms with Crippen molar-refractivity contribution >= 4 is 5.82 Å². The Morgan fingerprint density at radius 3 is 2.89 bits per heavy atom. The van der Waals surface area contributed by atoms with E-state index in [0.717, 1.165) is 17.8 Å². The molecule has 0 atom stereocenters. The highest BCUT2D eigenvalue weighted by Gasteiger charge is 2.29. The Bertz CT molecular complexity index is 567. The third kappa shape index (κ3) is 2.48. The molecule has 0 radical (unpaired) electrons. The second kappa shape index (κ2) is 4.68. The number of nitrogen functional groups attached to an aromatic ring is 1. The van der Waals surface area contributed by atoms with Gasteiger partial charge in [0.05, 0.1) is 18.2 Å². The highest BCUT2D eigenvalue weighted by Crippen LogP contribution is 2.39. The van der Waals surface area contributed by atoms with Gasteiger partial charge in [0.25, 0.3) is 0 Å². The van der Waals surface area contributed by atoms with Crippen LogP contribution in [0.15, 0.2) is 30.9 Å². The van der Waals surface area contributed by atoms with E-state index in [1.807, 2.05) is 24.7 Å². The molecule has 2 heterocycles. The fraction of sp³-hybridized carbons (Fsp3) is 0.467. The number of hydrogen-bond acceptors (Lipinski definition) is 3. The summed E-state index contributed by atoms with van der Waals surface area (Å²) in [5, 5.41) is 0. The standard InChI is InChI=1S/C15H20N4/c1-15(5-2-3-6-15)10-19-11-17-9-13(19)12-4-7-18-14(16)8-12/h4,7-9,11H,2-3,5-6,10H2,1H3,(H2,16,18). The molecule has 1 aliphatic carbocycles. The number of nitrogens with zero attached hydrogens (tertiary/aromatic N) is 3. The zero-order valence-corrected chi connectivity index (χ0v) is 11.3. The molecule has 3 rings (SSSR count). The lowest BCUT2D eigenvalue weighted by molar-refractivity contribution is 0.283. The lowest BCUT2D eigenvalue weighted by Crippen LogP contribution is -2.19. The lowest BCUT2D eigenvalue weighted by Gasteiger charge is -2.25. The van der Waals surface area contributed by atoms with Crippen molar-refractivity contribution in [1.29, 1.82) is 0 Å². The summed E-state index contributed by atoms with van der Waals surface area (Å²) in [5.74, 6) is 0.553. The molecule has 0 saturated heterocycles. The molecule has 0 unspecified atom stereocenters. The number of nitrogens with two attached hydrogens (primary N) is 1. The molecule has 0 aromatic carbocycles. The van der Waals surface area contributed by atoms with Crippen molar-refractivity contribution < 1.29 is 0 Å². The molecule has 0 spiro atoms. The van der Waals surface area contributed by atoms with Crippen LogP contribution in [0.4, 0.5) is 5.82 Å². The first-order valence-electron chi connectivity index (χ1n) is 6.88. The largest absolute Gasteiger partial charge is 0.384 e. The van der Waals surface area contributed by atoms with Crippen LogP contribution in [0.2, 0.25) is 0 Å². The molecule has 1 fully saturated rings. The predicted molar refractivity (Wildman–Crippen MR) is 76.4 cm³/mol. The van der Waals surface area contributed by atoms with Gasteiger partial charge in [-0.2, -0.15) is 0 Å². The maximum Gasteiger partial charge on any atom is 0.123 e. The minimum atomic E-state index is 0.411. The monoisotopic (exact) mass is 256 g/mol. The fourth-order valence-electron chi connectivity index (χ4n) is 3.09. The van der Waals surface area contributed by atoms with Gasteiger partial charge in [-0.25, -0.2) is 9.97 Å². The number of anilines is 1. The van der Waals surface area contributed by atoms with Crippen LogP contribution in [0.5, 0.6) is 0 Å². The van der Waals surface area contributed by atoms with E-state index in [9.17, 15) is 0 Å². The van der Waals surface area contributed by atoms with Crippen LogP contribution in [0.3, 0.4) is 0 Å². The molecule has 1 aliphatic rings. The molecular formula is C15H20N4. The average molecular weight is 256 g/mol. The van der Waals surface area contributed by atoms with Gasteiger partial charge in [-0.1, -0.05) is 19.8 Å². The Hall–Kier alpha value is -1.84. The molecule has 19 heavy (non-hydrogen) atoms. The summed E-state index contributed by atoms with van der Waals surface area (Å²) in [5.41, 5.74) is 8.39. The Balaban J connectivity index is 1.90. The molecule has 4 heteroatoms. The average Bonchev–Trinajstić information content (AvgIpc) is 2.99. The summed E-state index contributed by atoms with van der Waals surface area (Å²) in [7, 11) is 0. The summed E-state index contributed by atoms with van der Waals surface area (Å²) in [6.07, 6.45) is 10.9. The molecule has 2 N–H and O–H groups in total. The van der Waals surface area contributed by atoms with Gasteiger partial charge in [-0.3, -0.25) is 0 Å². The smallest absolute Gasteiger partial charge is 0.123 e. The predicted octanol–water partition coefficient (Wildman–Crippen LogP) is 3.11. The van der Waals surface area contributed by atoms with Crippen LogP contribution < -0.4 is 5.73 Å². The second-order valence-corrected chi connectivity index (χ2v) is 5.89. The molecule has 4 nitrogen and oxygen atoms in total. The zero-order valence-electron chi connectivity index (χ0n) is 11.3. The number of rotatable bonds is 3. The van der Waals surface area contributed by atoms with E-state index in [4.69, 9.17) is 5.73 Å². The van der Waals surface area contributed by atoms with Crippen molar-refractivity contribution in [3.05, 3.63) is 30.9 Å². The molecule has 0 amide bonds. The van der Waals surface area contributed by atoms with Gasteiger partial charge in [0.1, 0.15) is 5.82 Å². The van der Waals surface area contributed by atoms with Gasteiger partial charge in [0.2, 0.25) is 0 Å². The van der Waals surface area contributed by atoms with Crippen molar-refractivity contribution in [3.63, 3.8) is 0 Å². The Morgan fingerprint density at radius 1 is 1.37 bits per heavy atom. The van der Waals surface area contributed by atoms with Crippen molar-refractivity contribution in [1.82, 2.24) is 14.5 Å². The van der Waals surface area contributed by atoms with Crippen molar-refractivity contribution in [2.45, 2.75) is 39.2 Å². The normalized spacial score (nSPS) is 17.7. The van der Waals surface area contributed by atoms with Crippen molar-refractivity contribution in [2.75, 3.05) is 5.73 Å². The molecule has 2 aromatic rings. The first-order valence-corrected chi connectivity index (χ1v) is 6.88. The maximum atomic E-state index is 5.76. The summed E-state index contributed by atoms with van der Waals surface area (Å²) in [6.45, 7) is 3.41. The molecule has 0 aliphatic heterocycles. The minimum Gasteiger partial charge on any atom is -0.384 e. The summed E-state index contributed by atoms with van der Waals surface area (Å²) >= 11 is 0. The van der Waals surface area contributed by atoms with Gasteiger partial charge >= 0.3 is 0 Å². The topological polar surface area (TPSA) is 56.7 Å². The van der Waals surface area contributed by atoms with Crippen molar-refractivity contribution in [2.24, 2.45) is 5.41 Å². The summed E-state index contributed by atoms with van der Waals surface area (Å²) in [6, 6.07) is 3.89. The van der Waals surface area contributed by atoms with Crippen LogP contribution in [0.1, 0.15) is 32.6 Å². The van der Waals surface area contributed by atoms with Gasteiger partial charge in [0.15, 0.2) is 0 Å². The second-order valence-electron chi connectivity index (χ2n) is 5.89. The van der Waals surface area contributed by atoms with Crippen LogP contribution >= 0.6 is 0 Å². The number of imidazole rings is 1. The van der Waals surface area contributed by atoms with Crippen molar-refractivity contribution in [3.8, 4) is 11.3 Å². The Kier molecular flexibility index (Phi) is 3.01. The third-order valence-corrected chi connectivity index (χ3v) is 4.15. The SMILES string of the molecule is CC1(Cn2cncc2-c2ccnc(N)c2)CCCC1. The molecule has 100 valence electrons. The van der Waals surface area contributed by atoms with Crippen LogP contribution in [0.25, 0.3) is 11.3 Å². The third-order valence-electron chi connectivity index (χ3n) is 4.15. The number of aromatic nitrogens is 3. The van der Waals surface area contributed by atoms with Gasteiger partial charge < -0.3 is 10.3 Å². The molecular weight excluding hydrogens is 236 g/mol. The first kappa shape index (κ1) is 12.2. The van der Waals surface area contributed by atoms with E-state index in [-0.39, 0.29) is 0 Å². The quantitative estimate of drug-likeness (QED) is 0.918. The van der Waals surface area contributed by atoms with E-state index < -0.39 is 0 Å². The number of pyridine rings is 1. The van der Waals surface area contributed by atoms with Gasteiger partial charge in [-0.05, 0) is 30.4 Å². The summed E-state index contributed by atoms with van der Waals surface area (Å²) < 4.78 is 2.25. The molecule has 0 bridgehead atoms. The highest BCUT2D eigenvalue weighted by molar-refractivity contribution is 5.61. The fourth-order valence-corrected chi connectivity index (χ4v) is 3.09. The van der Waals surface area contributed by atoms with E-state index in [1.165, 1.54) is 25.7 Å². The van der Waals surface area contributed by atoms with Crippen LogP contribution in [0, 0.1) is 5.41 Å². The van der Waals surface area contributed by atoms with Gasteiger partial charge in [0, 0.05) is 18.3 Å². The highest BCUT2D eigenvalue weighted by atomic mass is 15.1. The lowest BCUT2D eigenvalue weighted by atomic mass is 9.88. The molecule has 2 aromatic heterocycles. The summed E-state index contributed by atoms with van der Waals surface area (Å²) in [4.78, 5) is 8.35. The Morgan fingerprint density at radius 2 is 2.16 bits per heavy atom. The Labute approximate surface area is 113 Å². The van der Waals surface area contributed by atoms with E-state index >= 15 is 0 Å². The van der Waals surface area contributed by atoms with Crippen LogP contribution in [-0.2, 0) is 6.54 Å². The minimum absolute atomic E-state index is 0.411. The van der Waals surface area contributed by atoms with E-state index in [1.54, 1.807) is 6.20 Å². The van der Waals surface area contributed by atoms with E-state index in [2.05, 4.69) is 21.5 Å².